The monoisotopic (exact) mass is 245 g/mol. The molecule has 0 amide bonds. The van der Waals surface area contributed by atoms with Crippen molar-refractivity contribution in [2.45, 2.75) is 38.1 Å². The number of benzene rings is 1. The molecule has 0 spiro atoms. The van der Waals surface area contributed by atoms with Crippen molar-refractivity contribution in [3.63, 3.8) is 0 Å². The number of hydrogen-bond donors (Lipinski definition) is 1. The minimum atomic E-state index is 0.698. The van der Waals surface area contributed by atoms with E-state index >= 15 is 0 Å². The van der Waals surface area contributed by atoms with Gasteiger partial charge in [-0.1, -0.05) is 18.6 Å². The third-order valence-corrected chi connectivity index (χ3v) is 4.96. The fourth-order valence-electron chi connectivity index (χ4n) is 3.97. The minimum Gasteiger partial charge on any atom is -0.497 e. The molecule has 2 aliphatic rings. The molecule has 1 aromatic rings. The molecule has 1 aliphatic carbocycles. The molecule has 1 aliphatic heterocycles. The van der Waals surface area contributed by atoms with Gasteiger partial charge in [0, 0.05) is 6.04 Å². The van der Waals surface area contributed by atoms with Gasteiger partial charge in [-0.15, -0.1) is 0 Å². The van der Waals surface area contributed by atoms with Gasteiger partial charge in [0.1, 0.15) is 5.75 Å². The lowest BCUT2D eigenvalue weighted by Gasteiger charge is -2.35. The standard InChI is InChI=1S/C16H23NO/c1-11-14-7-4-8-15(16(14)10-17-11)12-5-3-6-13(9-12)18-2/h3,5-6,9,11,14-17H,4,7-8,10H2,1-2H3/t11?,14-,15+,16+/m0/s1. The van der Waals surface area contributed by atoms with E-state index in [1.54, 1.807) is 7.11 Å². The summed E-state index contributed by atoms with van der Waals surface area (Å²) < 4.78 is 5.36. The van der Waals surface area contributed by atoms with Gasteiger partial charge >= 0.3 is 0 Å². The van der Waals surface area contributed by atoms with E-state index in [4.69, 9.17) is 4.74 Å². The van der Waals surface area contributed by atoms with Crippen molar-refractivity contribution < 1.29 is 4.74 Å². The van der Waals surface area contributed by atoms with Gasteiger partial charge in [-0.25, -0.2) is 0 Å². The van der Waals surface area contributed by atoms with E-state index in [9.17, 15) is 0 Å². The number of rotatable bonds is 2. The predicted octanol–water partition coefficient (Wildman–Crippen LogP) is 3.19. The Morgan fingerprint density at radius 2 is 2.11 bits per heavy atom. The van der Waals surface area contributed by atoms with E-state index in [1.165, 1.54) is 31.4 Å². The first-order valence-corrected chi connectivity index (χ1v) is 7.17. The Morgan fingerprint density at radius 1 is 1.22 bits per heavy atom. The normalized spacial score (nSPS) is 35.2. The average Bonchev–Trinajstić information content (AvgIpc) is 2.81. The fraction of sp³-hybridized carbons (Fsp3) is 0.625. The van der Waals surface area contributed by atoms with Gasteiger partial charge < -0.3 is 10.1 Å². The minimum absolute atomic E-state index is 0.698. The zero-order valence-electron chi connectivity index (χ0n) is 11.4. The second-order valence-corrected chi connectivity index (χ2v) is 5.84. The lowest BCUT2D eigenvalue weighted by molar-refractivity contribution is 0.236. The van der Waals surface area contributed by atoms with Crippen molar-refractivity contribution in [2.24, 2.45) is 11.8 Å². The molecule has 1 aromatic carbocycles. The Labute approximate surface area is 110 Å². The molecular formula is C16H23NO. The van der Waals surface area contributed by atoms with E-state index in [2.05, 4.69) is 30.4 Å². The molecule has 98 valence electrons. The van der Waals surface area contributed by atoms with Gasteiger partial charge in [-0.05, 0) is 61.8 Å². The molecule has 2 fully saturated rings. The van der Waals surface area contributed by atoms with Crippen molar-refractivity contribution >= 4 is 0 Å². The van der Waals surface area contributed by atoms with E-state index in [0.29, 0.717) is 6.04 Å². The van der Waals surface area contributed by atoms with Gasteiger partial charge in [-0.3, -0.25) is 0 Å². The molecule has 18 heavy (non-hydrogen) atoms. The van der Waals surface area contributed by atoms with Crippen LogP contribution in [0.4, 0.5) is 0 Å². The smallest absolute Gasteiger partial charge is 0.119 e. The number of methoxy groups -OCH3 is 1. The average molecular weight is 245 g/mol. The number of hydrogen-bond acceptors (Lipinski definition) is 2. The Hall–Kier alpha value is -1.02. The SMILES string of the molecule is COc1cccc([C@H]2CCC[C@H]3C(C)NC[C@@H]23)c1. The molecule has 3 rings (SSSR count). The van der Waals surface area contributed by atoms with Crippen LogP contribution in [0.15, 0.2) is 24.3 Å². The first kappa shape index (κ1) is 12.0. The maximum Gasteiger partial charge on any atom is 0.119 e. The number of fused-ring (bicyclic) bond motifs is 1. The van der Waals surface area contributed by atoms with Crippen molar-refractivity contribution in [1.29, 1.82) is 0 Å². The van der Waals surface area contributed by atoms with Gasteiger partial charge in [0.15, 0.2) is 0 Å². The van der Waals surface area contributed by atoms with E-state index in [1.807, 2.05) is 6.07 Å². The van der Waals surface area contributed by atoms with Gasteiger partial charge in [-0.2, -0.15) is 0 Å². The Balaban J connectivity index is 1.86. The maximum atomic E-state index is 5.36. The molecule has 4 atom stereocenters. The zero-order valence-corrected chi connectivity index (χ0v) is 11.4. The van der Waals surface area contributed by atoms with Crippen LogP contribution in [0.2, 0.25) is 0 Å². The fourth-order valence-corrected chi connectivity index (χ4v) is 3.97. The molecule has 1 unspecified atom stereocenters. The Kier molecular flexibility index (Phi) is 3.29. The third-order valence-electron chi connectivity index (χ3n) is 4.96. The zero-order chi connectivity index (χ0) is 12.5. The summed E-state index contributed by atoms with van der Waals surface area (Å²) in [5.41, 5.74) is 1.47. The van der Waals surface area contributed by atoms with Crippen LogP contribution in [0, 0.1) is 11.8 Å². The summed E-state index contributed by atoms with van der Waals surface area (Å²) in [6.07, 6.45) is 4.11. The lowest BCUT2D eigenvalue weighted by Crippen LogP contribution is -2.28. The van der Waals surface area contributed by atoms with Gasteiger partial charge in [0.25, 0.3) is 0 Å². The molecule has 0 radical (unpaired) electrons. The van der Waals surface area contributed by atoms with Crippen molar-refractivity contribution in [3.05, 3.63) is 29.8 Å². The Morgan fingerprint density at radius 3 is 2.94 bits per heavy atom. The molecule has 1 N–H and O–H groups in total. The second kappa shape index (κ2) is 4.93. The summed E-state index contributed by atoms with van der Waals surface area (Å²) in [5.74, 6) is 3.40. The van der Waals surface area contributed by atoms with Gasteiger partial charge in [0.05, 0.1) is 7.11 Å². The van der Waals surface area contributed by atoms with E-state index in [-0.39, 0.29) is 0 Å². The second-order valence-electron chi connectivity index (χ2n) is 5.84. The predicted molar refractivity (Wildman–Crippen MR) is 74.0 cm³/mol. The summed E-state index contributed by atoms with van der Waals surface area (Å²) >= 11 is 0. The highest BCUT2D eigenvalue weighted by Crippen LogP contribution is 2.45. The van der Waals surface area contributed by atoms with Crippen LogP contribution in [0.3, 0.4) is 0 Å². The van der Waals surface area contributed by atoms with Crippen LogP contribution >= 0.6 is 0 Å². The van der Waals surface area contributed by atoms with Crippen LogP contribution in [-0.2, 0) is 0 Å². The molecule has 1 saturated carbocycles. The quantitative estimate of drug-likeness (QED) is 0.864. The first-order chi connectivity index (χ1) is 8.79. The highest BCUT2D eigenvalue weighted by molar-refractivity contribution is 5.32. The summed E-state index contributed by atoms with van der Waals surface area (Å²) in [7, 11) is 1.75. The van der Waals surface area contributed by atoms with Crippen LogP contribution < -0.4 is 10.1 Å². The summed E-state index contributed by atoms with van der Waals surface area (Å²) in [4.78, 5) is 0. The molecule has 1 heterocycles. The summed E-state index contributed by atoms with van der Waals surface area (Å²) in [6, 6.07) is 9.38. The first-order valence-electron chi connectivity index (χ1n) is 7.17. The van der Waals surface area contributed by atoms with Gasteiger partial charge in [0.2, 0.25) is 0 Å². The van der Waals surface area contributed by atoms with E-state index in [0.717, 1.165) is 23.5 Å². The Bertz CT molecular complexity index is 417. The lowest BCUT2D eigenvalue weighted by atomic mass is 9.69. The highest BCUT2D eigenvalue weighted by atomic mass is 16.5. The van der Waals surface area contributed by atoms with E-state index < -0.39 is 0 Å². The summed E-state index contributed by atoms with van der Waals surface area (Å²) in [6.45, 7) is 3.53. The van der Waals surface area contributed by atoms with Crippen molar-refractivity contribution in [3.8, 4) is 5.75 Å². The van der Waals surface area contributed by atoms with Crippen LogP contribution in [0.25, 0.3) is 0 Å². The van der Waals surface area contributed by atoms with Crippen LogP contribution in [-0.4, -0.2) is 19.7 Å². The number of nitrogens with one attached hydrogen (secondary N) is 1. The van der Waals surface area contributed by atoms with Crippen LogP contribution in [0.1, 0.15) is 37.7 Å². The molecule has 0 aromatic heterocycles. The summed E-state index contributed by atoms with van der Waals surface area (Å²) in [5, 5.41) is 3.66. The topological polar surface area (TPSA) is 21.3 Å². The molecule has 2 heteroatoms. The largest absolute Gasteiger partial charge is 0.497 e. The van der Waals surface area contributed by atoms with Crippen molar-refractivity contribution in [1.82, 2.24) is 5.32 Å². The number of ether oxygens (including phenoxy) is 1. The van der Waals surface area contributed by atoms with Crippen molar-refractivity contribution in [2.75, 3.05) is 13.7 Å². The molecule has 0 bridgehead atoms. The molecule has 2 nitrogen and oxygen atoms in total. The molecular weight excluding hydrogens is 222 g/mol. The third kappa shape index (κ3) is 2.03. The highest BCUT2D eigenvalue weighted by Gasteiger charge is 2.40. The maximum absolute atomic E-state index is 5.36. The van der Waals surface area contributed by atoms with Crippen LogP contribution in [0.5, 0.6) is 5.75 Å². The molecule has 1 saturated heterocycles.